The fourth-order valence-corrected chi connectivity index (χ4v) is 3.84. The van der Waals surface area contributed by atoms with E-state index in [1.54, 1.807) is 11.3 Å². The number of aliphatic hydroxyl groups excluding tert-OH is 1. The molecule has 5 heteroatoms. The van der Waals surface area contributed by atoms with Gasteiger partial charge in [-0.25, -0.2) is 0 Å². The van der Waals surface area contributed by atoms with Gasteiger partial charge in [-0.05, 0) is 53.8 Å². The summed E-state index contributed by atoms with van der Waals surface area (Å²) in [5.41, 5.74) is 2.37. The predicted octanol–water partition coefficient (Wildman–Crippen LogP) is 3.48. The molecule has 0 radical (unpaired) electrons. The first-order chi connectivity index (χ1) is 12.2. The van der Waals surface area contributed by atoms with Crippen LogP contribution < -0.4 is 4.74 Å². The average Bonchev–Trinajstić information content (AvgIpc) is 3.28. The van der Waals surface area contributed by atoms with E-state index in [0.29, 0.717) is 13.2 Å². The quantitative estimate of drug-likeness (QED) is 0.742. The molecule has 1 saturated heterocycles. The van der Waals surface area contributed by atoms with E-state index in [1.807, 2.05) is 31.2 Å². The first-order valence-electron chi connectivity index (χ1n) is 8.92. The lowest BCUT2D eigenvalue weighted by Gasteiger charge is -2.27. The molecule has 0 saturated carbocycles. The minimum atomic E-state index is -0.528. The van der Waals surface area contributed by atoms with Gasteiger partial charge < -0.3 is 14.6 Å². The van der Waals surface area contributed by atoms with Crippen molar-refractivity contribution in [3.05, 3.63) is 52.2 Å². The lowest BCUT2D eigenvalue weighted by atomic mass is 10.2. The first kappa shape index (κ1) is 18.4. The molecule has 0 spiro atoms. The summed E-state index contributed by atoms with van der Waals surface area (Å²) < 4.78 is 11.6. The van der Waals surface area contributed by atoms with Crippen LogP contribution in [0.5, 0.6) is 5.75 Å². The molecule has 2 heterocycles. The van der Waals surface area contributed by atoms with Crippen LogP contribution in [0.4, 0.5) is 0 Å². The molecule has 2 atom stereocenters. The third-order valence-corrected chi connectivity index (χ3v) is 5.20. The molecule has 136 valence electrons. The van der Waals surface area contributed by atoms with Gasteiger partial charge in [-0.1, -0.05) is 18.2 Å². The largest absolute Gasteiger partial charge is 0.491 e. The Bertz CT molecular complexity index is 626. The topological polar surface area (TPSA) is 41.9 Å². The normalized spacial score (nSPS) is 18.6. The van der Waals surface area contributed by atoms with Crippen molar-refractivity contribution in [1.29, 1.82) is 0 Å². The highest BCUT2D eigenvalue weighted by molar-refractivity contribution is 7.07. The molecule has 0 aliphatic carbocycles. The summed E-state index contributed by atoms with van der Waals surface area (Å²) in [5, 5.41) is 14.7. The lowest BCUT2D eigenvalue weighted by Crippen LogP contribution is -2.39. The Hall–Kier alpha value is -1.40. The maximum atomic E-state index is 10.5. The molecule has 3 rings (SSSR count). The molecule has 25 heavy (non-hydrogen) atoms. The summed E-state index contributed by atoms with van der Waals surface area (Å²) >= 11 is 1.71. The van der Waals surface area contributed by atoms with Crippen LogP contribution in [-0.4, -0.2) is 48.5 Å². The Morgan fingerprint density at radius 1 is 1.36 bits per heavy atom. The SMILES string of the molecule is Cc1ccccc1OCC(O)CN(Cc1ccsc1)CC1CCCO1. The minimum absolute atomic E-state index is 0.281. The summed E-state index contributed by atoms with van der Waals surface area (Å²) in [7, 11) is 0. The van der Waals surface area contributed by atoms with Gasteiger partial charge in [-0.2, -0.15) is 11.3 Å². The van der Waals surface area contributed by atoms with Gasteiger partial charge in [0, 0.05) is 26.2 Å². The van der Waals surface area contributed by atoms with Crippen LogP contribution >= 0.6 is 11.3 Å². The monoisotopic (exact) mass is 361 g/mol. The van der Waals surface area contributed by atoms with Crippen LogP contribution in [0.15, 0.2) is 41.1 Å². The lowest BCUT2D eigenvalue weighted by molar-refractivity contribution is 0.0313. The molecular weight excluding hydrogens is 334 g/mol. The number of benzene rings is 1. The highest BCUT2D eigenvalue weighted by atomic mass is 32.1. The molecule has 1 aromatic heterocycles. The molecule has 4 nitrogen and oxygen atoms in total. The number of ether oxygens (including phenoxy) is 2. The molecule has 1 aromatic carbocycles. The first-order valence-corrected chi connectivity index (χ1v) is 9.86. The summed E-state index contributed by atoms with van der Waals surface area (Å²) in [5.74, 6) is 0.838. The van der Waals surface area contributed by atoms with Crippen LogP contribution in [0.25, 0.3) is 0 Å². The van der Waals surface area contributed by atoms with Crippen molar-refractivity contribution >= 4 is 11.3 Å². The number of hydrogen-bond donors (Lipinski definition) is 1. The minimum Gasteiger partial charge on any atom is -0.491 e. The van der Waals surface area contributed by atoms with E-state index in [-0.39, 0.29) is 6.10 Å². The highest BCUT2D eigenvalue weighted by Crippen LogP contribution is 2.18. The van der Waals surface area contributed by atoms with Gasteiger partial charge in [0.05, 0.1) is 6.10 Å². The molecule has 0 amide bonds. The van der Waals surface area contributed by atoms with Crippen LogP contribution in [0, 0.1) is 6.92 Å². The van der Waals surface area contributed by atoms with Gasteiger partial charge in [0.1, 0.15) is 18.5 Å². The van der Waals surface area contributed by atoms with E-state index in [2.05, 4.69) is 21.7 Å². The van der Waals surface area contributed by atoms with Gasteiger partial charge in [0.2, 0.25) is 0 Å². The van der Waals surface area contributed by atoms with Gasteiger partial charge >= 0.3 is 0 Å². The zero-order valence-corrected chi connectivity index (χ0v) is 15.6. The Labute approximate surface area is 154 Å². The van der Waals surface area contributed by atoms with E-state index < -0.39 is 6.10 Å². The van der Waals surface area contributed by atoms with Crippen molar-refractivity contribution in [3.63, 3.8) is 0 Å². The van der Waals surface area contributed by atoms with Crippen LogP contribution in [0.2, 0.25) is 0 Å². The number of nitrogens with zero attached hydrogens (tertiary/aromatic N) is 1. The summed E-state index contributed by atoms with van der Waals surface area (Å²) in [4.78, 5) is 2.28. The molecule has 1 aliphatic heterocycles. The predicted molar refractivity (Wildman–Crippen MR) is 101 cm³/mol. The zero-order chi connectivity index (χ0) is 17.5. The van der Waals surface area contributed by atoms with Gasteiger partial charge in [0.25, 0.3) is 0 Å². The number of rotatable bonds is 9. The molecular formula is C20H27NO3S. The summed E-state index contributed by atoms with van der Waals surface area (Å²) in [6.07, 6.45) is 1.99. The Morgan fingerprint density at radius 3 is 2.96 bits per heavy atom. The van der Waals surface area contributed by atoms with Crippen molar-refractivity contribution in [2.24, 2.45) is 0 Å². The van der Waals surface area contributed by atoms with Crippen molar-refractivity contribution in [3.8, 4) is 5.75 Å². The number of para-hydroxylation sites is 1. The Balaban J connectivity index is 1.53. The average molecular weight is 362 g/mol. The number of aliphatic hydroxyl groups is 1. The zero-order valence-electron chi connectivity index (χ0n) is 14.8. The van der Waals surface area contributed by atoms with E-state index >= 15 is 0 Å². The van der Waals surface area contributed by atoms with Crippen LogP contribution in [0.3, 0.4) is 0 Å². The molecule has 0 bridgehead atoms. The van der Waals surface area contributed by atoms with E-state index in [9.17, 15) is 5.11 Å². The fraction of sp³-hybridized carbons (Fsp3) is 0.500. The maximum absolute atomic E-state index is 10.5. The number of hydrogen-bond acceptors (Lipinski definition) is 5. The third-order valence-electron chi connectivity index (χ3n) is 4.47. The van der Waals surface area contributed by atoms with E-state index in [0.717, 1.165) is 43.9 Å². The van der Waals surface area contributed by atoms with E-state index in [1.165, 1.54) is 5.56 Å². The second-order valence-electron chi connectivity index (χ2n) is 6.69. The van der Waals surface area contributed by atoms with E-state index in [4.69, 9.17) is 9.47 Å². The molecule has 2 aromatic rings. The number of thiophene rings is 1. The molecule has 1 fully saturated rings. The molecule has 1 aliphatic rings. The van der Waals surface area contributed by atoms with Gasteiger partial charge in [-0.15, -0.1) is 0 Å². The Kier molecular flexibility index (Phi) is 6.87. The van der Waals surface area contributed by atoms with Crippen molar-refractivity contribution in [2.75, 3.05) is 26.3 Å². The highest BCUT2D eigenvalue weighted by Gasteiger charge is 2.21. The second kappa shape index (κ2) is 9.34. The smallest absolute Gasteiger partial charge is 0.122 e. The summed E-state index contributed by atoms with van der Waals surface area (Å²) in [6.45, 7) is 5.46. The van der Waals surface area contributed by atoms with Gasteiger partial charge in [0.15, 0.2) is 0 Å². The molecule has 1 N–H and O–H groups in total. The van der Waals surface area contributed by atoms with Gasteiger partial charge in [-0.3, -0.25) is 4.90 Å². The second-order valence-corrected chi connectivity index (χ2v) is 7.47. The van der Waals surface area contributed by atoms with Crippen LogP contribution in [-0.2, 0) is 11.3 Å². The number of aryl methyl sites for hydroxylation is 1. The standard InChI is InChI=1S/C20H27NO3S/c1-16-5-2-3-7-20(16)24-14-18(22)12-21(11-17-8-10-25-15-17)13-19-6-4-9-23-19/h2-3,5,7-8,10,15,18-19,22H,4,6,9,11-14H2,1H3. The molecule has 2 unspecified atom stereocenters. The van der Waals surface area contributed by atoms with Crippen molar-refractivity contribution in [1.82, 2.24) is 4.90 Å². The van der Waals surface area contributed by atoms with Crippen molar-refractivity contribution in [2.45, 2.75) is 38.5 Å². The summed E-state index contributed by atoms with van der Waals surface area (Å²) in [6, 6.07) is 10.0. The Morgan fingerprint density at radius 2 is 2.24 bits per heavy atom. The van der Waals surface area contributed by atoms with Crippen LogP contribution in [0.1, 0.15) is 24.0 Å². The fourth-order valence-electron chi connectivity index (χ4n) is 3.18. The third kappa shape index (κ3) is 5.82. The maximum Gasteiger partial charge on any atom is 0.122 e. The van der Waals surface area contributed by atoms with Crippen molar-refractivity contribution < 1.29 is 14.6 Å².